The zero-order chi connectivity index (χ0) is 10.4. The van der Waals surface area contributed by atoms with Gasteiger partial charge in [-0.1, -0.05) is 26.3 Å². The number of allylic oxidation sites excluding steroid dienone is 1. The van der Waals surface area contributed by atoms with Crippen molar-refractivity contribution in [3.8, 4) is 0 Å². The van der Waals surface area contributed by atoms with E-state index in [4.69, 9.17) is 0 Å². The molecule has 14 heavy (non-hydrogen) atoms. The van der Waals surface area contributed by atoms with Gasteiger partial charge in [0.05, 0.1) is 0 Å². The van der Waals surface area contributed by atoms with E-state index >= 15 is 0 Å². The molecule has 0 bridgehead atoms. The molecule has 0 saturated carbocycles. The van der Waals surface area contributed by atoms with E-state index in [-0.39, 0.29) is 0 Å². The quantitative estimate of drug-likeness (QED) is 0.623. The van der Waals surface area contributed by atoms with Gasteiger partial charge in [-0.25, -0.2) is 0 Å². The lowest BCUT2D eigenvalue weighted by atomic mass is 10.1. The minimum absolute atomic E-state index is 1.17. The van der Waals surface area contributed by atoms with E-state index in [9.17, 15) is 0 Å². The zero-order valence-corrected chi connectivity index (χ0v) is 9.76. The molecule has 2 nitrogen and oxygen atoms in total. The molecule has 1 heterocycles. The van der Waals surface area contributed by atoms with Gasteiger partial charge in [0.2, 0.25) is 0 Å². The summed E-state index contributed by atoms with van der Waals surface area (Å²) >= 11 is 0. The molecule has 0 aromatic carbocycles. The van der Waals surface area contributed by atoms with Crippen LogP contribution in [0.4, 0.5) is 0 Å². The van der Waals surface area contributed by atoms with E-state index in [0.717, 1.165) is 0 Å². The lowest BCUT2D eigenvalue weighted by Crippen LogP contribution is -2.43. The molecule has 0 aromatic rings. The lowest BCUT2D eigenvalue weighted by Gasteiger charge is -2.35. The van der Waals surface area contributed by atoms with Gasteiger partial charge in [-0.2, -0.15) is 0 Å². The fraction of sp³-hybridized carbons (Fsp3) is 0.833. The molecule has 0 unspecified atom stereocenters. The third-order valence-electron chi connectivity index (χ3n) is 3.02. The molecule has 0 aliphatic carbocycles. The summed E-state index contributed by atoms with van der Waals surface area (Å²) < 4.78 is 0. The maximum absolute atomic E-state index is 4.18. The maximum atomic E-state index is 4.18. The molecule has 1 saturated heterocycles. The molecule has 1 fully saturated rings. The molecular weight excluding hydrogens is 172 g/mol. The Kier molecular flexibility index (Phi) is 5.02. The minimum Gasteiger partial charge on any atom is -0.373 e. The van der Waals surface area contributed by atoms with Crippen LogP contribution in [0.2, 0.25) is 0 Å². The van der Waals surface area contributed by atoms with Gasteiger partial charge in [-0.05, 0) is 19.9 Å². The van der Waals surface area contributed by atoms with Gasteiger partial charge in [0, 0.05) is 31.9 Å². The number of likely N-dealkylation sites (N-methyl/N-ethyl adjacent to an activating group) is 1. The molecular formula is C12H24N2. The van der Waals surface area contributed by atoms with E-state index in [2.05, 4.69) is 30.4 Å². The van der Waals surface area contributed by atoms with Crippen LogP contribution >= 0.6 is 0 Å². The highest BCUT2D eigenvalue weighted by Gasteiger charge is 2.14. The number of piperazine rings is 1. The highest BCUT2D eigenvalue weighted by molar-refractivity contribution is 4.95. The second-order valence-electron chi connectivity index (χ2n) is 4.31. The fourth-order valence-corrected chi connectivity index (χ4v) is 1.86. The second-order valence-corrected chi connectivity index (χ2v) is 4.31. The highest BCUT2D eigenvalue weighted by Crippen LogP contribution is 2.13. The summed E-state index contributed by atoms with van der Waals surface area (Å²) in [6, 6.07) is 0. The molecule has 82 valence electrons. The number of rotatable bonds is 5. The molecule has 0 spiro atoms. The van der Waals surface area contributed by atoms with Gasteiger partial charge in [0.1, 0.15) is 0 Å². The van der Waals surface area contributed by atoms with Gasteiger partial charge < -0.3 is 9.80 Å². The van der Waals surface area contributed by atoms with Crippen LogP contribution in [-0.2, 0) is 0 Å². The van der Waals surface area contributed by atoms with E-state index in [1.54, 1.807) is 0 Å². The van der Waals surface area contributed by atoms with Gasteiger partial charge in [-0.3, -0.25) is 0 Å². The van der Waals surface area contributed by atoms with Gasteiger partial charge in [0.25, 0.3) is 0 Å². The second kappa shape index (κ2) is 6.07. The Morgan fingerprint density at radius 3 is 2.36 bits per heavy atom. The van der Waals surface area contributed by atoms with Gasteiger partial charge >= 0.3 is 0 Å². The van der Waals surface area contributed by atoms with Crippen LogP contribution < -0.4 is 0 Å². The molecule has 0 N–H and O–H groups in total. The molecule has 0 amide bonds. The van der Waals surface area contributed by atoms with Gasteiger partial charge in [-0.15, -0.1) is 0 Å². The minimum atomic E-state index is 1.17. The van der Waals surface area contributed by atoms with Gasteiger partial charge in [0.15, 0.2) is 0 Å². The predicted molar refractivity (Wildman–Crippen MR) is 62.4 cm³/mol. The van der Waals surface area contributed by atoms with Crippen LogP contribution in [0.15, 0.2) is 12.3 Å². The average Bonchev–Trinajstić information content (AvgIpc) is 2.19. The van der Waals surface area contributed by atoms with Crippen molar-refractivity contribution in [2.45, 2.75) is 32.6 Å². The topological polar surface area (TPSA) is 6.48 Å². The first-order valence-corrected chi connectivity index (χ1v) is 5.85. The van der Waals surface area contributed by atoms with Crippen LogP contribution in [0, 0.1) is 0 Å². The standard InChI is InChI=1S/C12H24N2/c1-4-5-6-7-12(2)14-10-8-13(3)9-11-14/h2,4-11H2,1,3H3. The average molecular weight is 196 g/mol. The third kappa shape index (κ3) is 3.70. The Labute approximate surface area is 88.6 Å². The van der Waals surface area contributed by atoms with Crippen LogP contribution in [-0.4, -0.2) is 43.0 Å². The molecule has 1 aliphatic rings. The predicted octanol–water partition coefficient (Wildman–Crippen LogP) is 2.33. The summed E-state index contributed by atoms with van der Waals surface area (Å²) in [5.74, 6) is 0. The van der Waals surface area contributed by atoms with Crippen molar-refractivity contribution in [1.82, 2.24) is 9.80 Å². The Morgan fingerprint density at radius 2 is 1.79 bits per heavy atom. The molecule has 1 rings (SSSR count). The fourth-order valence-electron chi connectivity index (χ4n) is 1.86. The van der Waals surface area contributed by atoms with Crippen molar-refractivity contribution < 1.29 is 0 Å². The van der Waals surface area contributed by atoms with Crippen molar-refractivity contribution in [3.05, 3.63) is 12.3 Å². The number of unbranched alkanes of at least 4 members (excludes halogenated alkanes) is 2. The maximum Gasteiger partial charge on any atom is 0.0303 e. The molecule has 0 aromatic heterocycles. The first kappa shape index (κ1) is 11.6. The van der Waals surface area contributed by atoms with E-state index in [1.807, 2.05) is 0 Å². The zero-order valence-electron chi connectivity index (χ0n) is 9.76. The number of nitrogens with zero attached hydrogens (tertiary/aromatic N) is 2. The van der Waals surface area contributed by atoms with E-state index in [1.165, 1.54) is 57.6 Å². The van der Waals surface area contributed by atoms with Crippen molar-refractivity contribution >= 4 is 0 Å². The SMILES string of the molecule is C=C(CCCCC)N1CCN(C)CC1. The summed E-state index contributed by atoms with van der Waals surface area (Å²) in [6.07, 6.45) is 5.14. The summed E-state index contributed by atoms with van der Waals surface area (Å²) in [7, 11) is 2.19. The van der Waals surface area contributed by atoms with E-state index < -0.39 is 0 Å². The largest absolute Gasteiger partial charge is 0.373 e. The Hall–Kier alpha value is -0.500. The van der Waals surface area contributed by atoms with E-state index in [0.29, 0.717) is 0 Å². The van der Waals surface area contributed by atoms with Crippen LogP contribution in [0.25, 0.3) is 0 Å². The monoisotopic (exact) mass is 196 g/mol. The first-order valence-electron chi connectivity index (χ1n) is 5.85. The Morgan fingerprint density at radius 1 is 1.14 bits per heavy atom. The third-order valence-corrected chi connectivity index (χ3v) is 3.02. The molecule has 1 aliphatic heterocycles. The van der Waals surface area contributed by atoms with Crippen molar-refractivity contribution in [3.63, 3.8) is 0 Å². The summed E-state index contributed by atoms with van der Waals surface area (Å²) in [4.78, 5) is 4.84. The van der Waals surface area contributed by atoms with Crippen LogP contribution in [0.1, 0.15) is 32.6 Å². The summed E-state index contributed by atoms with van der Waals surface area (Å²) in [5, 5.41) is 0. The smallest absolute Gasteiger partial charge is 0.0303 e. The summed E-state index contributed by atoms with van der Waals surface area (Å²) in [6.45, 7) is 11.1. The Balaban J connectivity index is 2.17. The molecule has 2 heteroatoms. The molecule has 0 atom stereocenters. The number of hydrogen-bond donors (Lipinski definition) is 0. The highest BCUT2D eigenvalue weighted by atomic mass is 15.2. The lowest BCUT2D eigenvalue weighted by molar-refractivity contribution is 0.182. The van der Waals surface area contributed by atoms with Crippen LogP contribution in [0.3, 0.4) is 0 Å². The number of hydrogen-bond acceptors (Lipinski definition) is 2. The normalized spacial score (nSPS) is 18.6. The van der Waals surface area contributed by atoms with Crippen molar-refractivity contribution in [2.75, 3.05) is 33.2 Å². The summed E-state index contributed by atoms with van der Waals surface area (Å²) in [5.41, 5.74) is 1.35. The van der Waals surface area contributed by atoms with Crippen LogP contribution in [0.5, 0.6) is 0 Å². The molecule has 0 radical (unpaired) electrons. The van der Waals surface area contributed by atoms with Crippen molar-refractivity contribution in [2.24, 2.45) is 0 Å². The Bertz CT molecular complexity index is 169. The first-order chi connectivity index (χ1) is 6.74. The van der Waals surface area contributed by atoms with Crippen molar-refractivity contribution in [1.29, 1.82) is 0 Å².